The molecule has 0 aliphatic carbocycles. The molecule has 0 amide bonds. The first-order valence-electron chi connectivity index (χ1n) is 6.97. The predicted molar refractivity (Wildman–Crippen MR) is 73.6 cm³/mol. The van der Waals surface area contributed by atoms with Crippen molar-refractivity contribution in [1.82, 2.24) is 5.32 Å². The minimum atomic E-state index is -2.39. The van der Waals surface area contributed by atoms with Crippen molar-refractivity contribution < 1.29 is 18.3 Å². The Kier molecular flexibility index (Phi) is 4.81. The molecule has 1 unspecified atom stereocenters. The van der Waals surface area contributed by atoms with Gasteiger partial charge in [-0.2, -0.15) is 0 Å². The van der Waals surface area contributed by atoms with E-state index in [1.165, 1.54) is 0 Å². The first kappa shape index (κ1) is 15.0. The summed E-state index contributed by atoms with van der Waals surface area (Å²) in [5.74, 6) is 1.41. The topological polar surface area (TPSA) is 30.5 Å². The van der Waals surface area contributed by atoms with E-state index in [1.807, 2.05) is 25.1 Å². The highest BCUT2D eigenvalue weighted by Gasteiger charge is 2.33. The first-order chi connectivity index (χ1) is 9.55. The van der Waals surface area contributed by atoms with Crippen LogP contribution in [0.25, 0.3) is 0 Å². The molecule has 0 radical (unpaired) electrons. The second kappa shape index (κ2) is 6.39. The van der Waals surface area contributed by atoms with Gasteiger partial charge in [0.2, 0.25) is 6.79 Å². The Hall–Kier alpha value is -1.36. The minimum absolute atomic E-state index is 0.228. The van der Waals surface area contributed by atoms with E-state index in [9.17, 15) is 8.78 Å². The Morgan fingerprint density at radius 1 is 1.30 bits per heavy atom. The van der Waals surface area contributed by atoms with E-state index in [1.54, 1.807) is 6.92 Å². The monoisotopic (exact) mass is 285 g/mol. The quantitative estimate of drug-likeness (QED) is 0.833. The molecule has 1 aromatic carbocycles. The van der Waals surface area contributed by atoms with E-state index in [0.717, 1.165) is 17.7 Å². The molecule has 0 spiro atoms. The lowest BCUT2D eigenvalue weighted by molar-refractivity contribution is 0.0355. The van der Waals surface area contributed by atoms with Crippen LogP contribution in [-0.2, 0) is 6.42 Å². The summed E-state index contributed by atoms with van der Waals surface area (Å²) in [7, 11) is 0. The number of nitrogens with one attached hydrogen (secondary N) is 1. The maximum Gasteiger partial charge on any atom is 0.256 e. The van der Waals surface area contributed by atoms with Crippen molar-refractivity contribution in [2.75, 3.05) is 13.3 Å². The molecule has 0 aromatic heterocycles. The molecule has 112 valence electrons. The molecule has 2 rings (SSSR count). The average molecular weight is 285 g/mol. The van der Waals surface area contributed by atoms with Crippen LogP contribution in [0.4, 0.5) is 8.78 Å². The molecular weight excluding hydrogens is 264 g/mol. The second-order valence-electron chi connectivity index (χ2n) is 5.33. The normalized spacial score (nSPS) is 16.4. The van der Waals surface area contributed by atoms with Crippen molar-refractivity contribution in [3.8, 4) is 11.5 Å². The van der Waals surface area contributed by atoms with E-state index in [-0.39, 0.29) is 6.79 Å². The van der Waals surface area contributed by atoms with Crippen LogP contribution in [0.1, 0.15) is 32.3 Å². The van der Waals surface area contributed by atoms with Gasteiger partial charge in [-0.1, -0.05) is 13.0 Å². The predicted octanol–water partition coefficient (Wildman–Crippen LogP) is 3.37. The van der Waals surface area contributed by atoms with E-state index < -0.39 is 12.0 Å². The lowest BCUT2D eigenvalue weighted by Gasteiger charge is -2.30. The van der Waals surface area contributed by atoms with Gasteiger partial charge in [0.25, 0.3) is 6.43 Å². The number of alkyl halides is 2. The van der Waals surface area contributed by atoms with E-state index in [4.69, 9.17) is 9.47 Å². The second-order valence-corrected chi connectivity index (χ2v) is 5.33. The highest BCUT2D eigenvalue weighted by atomic mass is 19.3. The molecule has 3 nitrogen and oxygen atoms in total. The highest BCUT2D eigenvalue weighted by molar-refractivity contribution is 5.44. The number of benzene rings is 1. The molecule has 1 heterocycles. The third-order valence-electron chi connectivity index (χ3n) is 3.63. The number of aryl methyl sites for hydroxylation is 1. The molecule has 1 aromatic rings. The molecule has 1 aliphatic rings. The highest BCUT2D eigenvalue weighted by Crippen LogP contribution is 2.33. The number of fused-ring (bicyclic) bond motifs is 1. The molecule has 0 saturated heterocycles. The zero-order chi connectivity index (χ0) is 14.6. The molecule has 0 saturated carbocycles. The lowest BCUT2D eigenvalue weighted by atomic mass is 9.93. The summed E-state index contributed by atoms with van der Waals surface area (Å²) in [5.41, 5.74) is -0.161. The maximum absolute atomic E-state index is 13.2. The standard InChI is InChI=1S/C15H21F2NO2/c1-3-8-18-15(2,14(16)17)7-6-11-4-5-12-13(9-11)20-10-19-12/h4-5,9,14,18H,3,6-8,10H2,1-2H3. The Labute approximate surface area is 118 Å². The summed E-state index contributed by atoms with van der Waals surface area (Å²) in [6, 6.07) is 5.60. The third kappa shape index (κ3) is 3.39. The lowest BCUT2D eigenvalue weighted by Crippen LogP contribution is -2.49. The molecule has 1 aliphatic heterocycles. The molecule has 0 fully saturated rings. The van der Waals surface area contributed by atoms with Crippen LogP contribution < -0.4 is 14.8 Å². The fourth-order valence-electron chi connectivity index (χ4n) is 2.19. The zero-order valence-electron chi connectivity index (χ0n) is 11.9. The van der Waals surface area contributed by atoms with E-state index >= 15 is 0 Å². The van der Waals surface area contributed by atoms with Gasteiger partial charge >= 0.3 is 0 Å². The van der Waals surface area contributed by atoms with Crippen LogP contribution in [0, 0.1) is 0 Å². The summed E-state index contributed by atoms with van der Waals surface area (Å²) in [6.45, 7) is 4.38. The van der Waals surface area contributed by atoms with E-state index in [0.29, 0.717) is 25.1 Å². The molecule has 5 heteroatoms. The maximum atomic E-state index is 13.2. The molecule has 1 atom stereocenters. The smallest absolute Gasteiger partial charge is 0.256 e. The summed E-state index contributed by atoms with van der Waals surface area (Å²) >= 11 is 0. The van der Waals surface area contributed by atoms with Crippen molar-refractivity contribution in [2.24, 2.45) is 0 Å². The number of halogens is 2. The van der Waals surface area contributed by atoms with Crippen LogP contribution in [0.2, 0.25) is 0 Å². The fourth-order valence-corrected chi connectivity index (χ4v) is 2.19. The van der Waals surface area contributed by atoms with Gasteiger partial charge in [0.15, 0.2) is 11.5 Å². The Balaban J connectivity index is 1.98. The minimum Gasteiger partial charge on any atom is -0.454 e. The van der Waals surface area contributed by atoms with Gasteiger partial charge in [-0.15, -0.1) is 0 Å². The Bertz CT molecular complexity index is 453. The van der Waals surface area contributed by atoms with Crippen molar-refractivity contribution in [1.29, 1.82) is 0 Å². The van der Waals surface area contributed by atoms with Crippen molar-refractivity contribution >= 4 is 0 Å². The van der Waals surface area contributed by atoms with Crippen LogP contribution in [0.5, 0.6) is 11.5 Å². The SMILES string of the molecule is CCCNC(C)(CCc1ccc2c(c1)OCO2)C(F)F. The van der Waals surface area contributed by atoms with Gasteiger partial charge in [-0.25, -0.2) is 8.78 Å². The summed E-state index contributed by atoms with van der Waals surface area (Å²) in [6.07, 6.45) is -0.590. The van der Waals surface area contributed by atoms with Gasteiger partial charge in [0.05, 0.1) is 5.54 Å². The van der Waals surface area contributed by atoms with Gasteiger partial charge in [-0.3, -0.25) is 0 Å². The summed E-state index contributed by atoms with van der Waals surface area (Å²) < 4.78 is 37.0. The number of ether oxygens (including phenoxy) is 2. The van der Waals surface area contributed by atoms with Crippen molar-refractivity contribution in [2.45, 2.75) is 45.1 Å². The largest absolute Gasteiger partial charge is 0.454 e. The van der Waals surface area contributed by atoms with Crippen LogP contribution >= 0.6 is 0 Å². The first-order valence-corrected chi connectivity index (χ1v) is 6.97. The van der Waals surface area contributed by atoms with E-state index in [2.05, 4.69) is 5.32 Å². The third-order valence-corrected chi connectivity index (χ3v) is 3.63. The van der Waals surface area contributed by atoms with Gasteiger partial charge in [0, 0.05) is 0 Å². The molecule has 1 N–H and O–H groups in total. The van der Waals surface area contributed by atoms with Crippen LogP contribution in [-0.4, -0.2) is 25.3 Å². The van der Waals surface area contributed by atoms with Crippen LogP contribution in [0.15, 0.2) is 18.2 Å². The molecule has 20 heavy (non-hydrogen) atoms. The number of hydrogen-bond donors (Lipinski definition) is 1. The van der Waals surface area contributed by atoms with Crippen LogP contribution in [0.3, 0.4) is 0 Å². The number of rotatable bonds is 7. The number of hydrogen-bond acceptors (Lipinski definition) is 3. The van der Waals surface area contributed by atoms with Gasteiger partial charge in [-0.05, 0) is 50.4 Å². The fraction of sp³-hybridized carbons (Fsp3) is 0.600. The zero-order valence-corrected chi connectivity index (χ0v) is 11.9. The van der Waals surface area contributed by atoms with Crippen molar-refractivity contribution in [3.63, 3.8) is 0 Å². The van der Waals surface area contributed by atoms with Crippen molar-refractivity contribution in [3.05, 3.63) is 23.8 Å². The molecular formula is C15H21F2NO2. The Morgan fingerprint density at radius 2 is 2.05 bits per heavy atom. The van der Waals surface area contributed by atoms with Gasteiger partial charge in [0.1, 0.15) is 0 Å². The average Bonchev–Trinajstić information content (AvgIpc) is 2.90. The summed E-state index contributed by atoms with van der Waals surface area (Å²) in [5, 5.41) is 2.96. The Morgan fingerprint density at radius 3 is 2.75 bits per heavy atom. The molecule has 0 bridgehead atoms. The van der Waals surface area contributed by atoms with Gasteiger partial charge < -0.3 is 14.8 Å². The summed E-state index contributed by atoms with van der Waals surface area (Å²) in [4.78, 5) is 0.